The van der Waals surface area contributed by atoms with E-state index in [9.17, 15) is 13.5 Å². The normalized spacial score (nSPS) is 22.7. The lowest BCUT2D eigenvalue weighted by molar-refractivity contribution is 0.117. The van der Waals surface area contributed by atoms with Gasteiger partial charge in [-0.2, -0.15) is 4.31 Å². The van der Waals surface area contributed by atoms with Crippen LogP contribution in [0.4, 0.5) is 0 Å². The highest BCUT2D eigenvalue weighted by atomic mass is 32.2. The molecule has 25 heavy (non-hydrogen) atoms. The number of benzene rings is 2. The van der Waals surface area contributed by atoms with Crippen LogP contribution in [0, 0.1) is 6.92 Å². The molecule has 2 aromatic carbocycles. The van der Waals surface area contributed by atoms with Crippen molar-refractivity contribution in [1.29, 1.82) is 0 Å². The molecule has 0 saturated carbocycles. The average Bonchev–Trinajstić information content (AvgIpc) is 3.34. The highest BCUT2D eigenvalue weighted by Crippen LogP contribution is 2.37. The molecule has 0 aliphatic carbocycles. The fourth-order valence-corrected chi connectivity index (χ4v) is 4.82. The number of nitrogens with zero attached hydrogens (tertiary/aromatic N) is 1. The molecular weight excluding hydrogens is 338 g/mol. The van der Waals surface area contributed by atoms with Crippen molar-refractivity contribution in [3.8, 4) is 0 Å². The van der Waals surface area contributed by atoms with Gasteiger partial charge in [-0.15, -0.1) is 0 Å². The van der Waals surface area contributed by atoms with Gasteiger partial charge >= 0.3 is 0 Å². The van der Waals surface area contributed by atoms with E-state index in [0.29, 0.717) is 19.6 Å². The predicted octanol–water partition coefficient (Wildman–Crippen LogP) is 2.34. The van der Waals surface area contributed by atoms with Crippen molar-refractivity contribution in [2.75, 3.05) is 13.2 Å². The molecule has 1 saturated heterocycles. The van der Waals surface area contributed by atoms with E-state index in [4.69, 9.17) is 4.74 Å². The molecule has 0 radical (unpaired) electrons. The van der Waals surface area contributed by atoms with Gasteiger partial charge in [0.2, 0.25) is 10.0 Å². The fourth-order valence-electron chi connectivity index (χ4n) is 2.99. The molecule has 1 fully saturated rings. The lowest BCUT2D eigenvalue weighted by Crippen LogP contribution is -2.17. The first-order valence-corrected chi connectivity index (χ1v) is 9.81. The zero-order valence-corrected chi connectivity index (χ0v) is 15.0. The zero-order valence-electron chi connectivity index (χ0n) is 14.2. The molecule has 5 nitrogen and oxygen atoms in total. The van der Waals surface area contributed by atoms with E-state index in [1.807, 2.05) is 37.3 Å². The Labute approximate surface area is 148 Å². The number of aliphatic hydroxyl groups excluding tert-OH is 1. The summed E-state index contributed by atoms with van der Waals surface area (Å²) in [5.41, 5.74) is 2.09. The van der Waals surface area contributed by atoms with Crippen LogP contribution in [0.2, 0.25) is 0 Å². The van der Waals surface area contributed by atoms with Gasteiger partial charge in [0, 0.05) is 12.6 Å². The molecule has 1 aliphatic heterocycles. The number of rotatable bonds is 8. The van der Waals surface area contributed by atoms with Gasteiger partial charge in [0.15, 0.2) is 0 Å². The smallest absolute Gasteiger partial charge is 0.243 e. The number of aliphatic hydroxyl groups is 1. The van der Waals surface area contributed by atoms with Crippen LogP contribution in [0.15, 0.2) is 59.5 Å². The van der Waals surface area contributed by atoms with Crippen molar-refractivity contribution < 1.29 is 18.3 Å². The largest absolute Gasteiger partial charge is 0.395 e. The van der Waals surface area contributed by atoms with Crippen LogP contribution in [0.5, 0.6) is 0 Å². The Morgan fingerprint density at radius 1 is 1.04 bits per heavy atom. The second-order valence-corrected chi connectivity index (χ2v) is 8.14. The van der Waals surface area contributed by atoms with Crippen molar-refractivity contribution >= 4 is 10.0 Å². The van der Waals surface area contributed by atoms with Crippen molar-refractivity contribution in [2.45, 2.75) is 36.9 Å². The third-order valence-electron chi connectivity index (χ3n) is 4.46. The maximum absolute atomic E-state index is 12.7. The predicted molar refractivity (Wildman–Crippen MR) is 95.6 cm³/mol. The number of aryl methyl sites for hydroxylation is 1. The van der Waals surface area contributed by atoms with Gasteiger partial charge < -0.3 is 9.84 Å². The number of hydrogen-bond donors (Lipinski definition) is 1. The summed E-state index contributed by atoms with van der Waals surface area (Å²) in [6.45, 7) is 2.70. The Hall–Kier alpha value is -1.73. The Morgan fingerprint density at radius 2 is 1.72 bits per heavy atom. The summed E-state index contributed by atoms with van der Waals surface area (Å²) >= 11 is 0. The lowest BCUT2D eigenvalue weighted by atomic mass is 10.2. The quantitative estimate of drug-likeness (QED) is 0.579. The monoisotopic (exact) mass is 361 g/mol. The van der Waals surface area contributed by atoms with Gasteiger partial charge in [0.1, 0.15) is 0 Å². The maximum Gasteiger partial charge on any atom is 0.243 e. The second-order valence-electron chi connectivity index (χ2n) is 6.29. The van der Waals surface area contributed by atoms with E-state index >= 15 is 0 Å². The van der Waals surface area contributed by atoms with Crippen molar-refractivity contribution in [3.63, 3.8) is 0 Å². The van der Waals surface area contributed by atoms with E-state index in [1.54, 1.807) is 24.3 Å². The topological polar surface area (TPSA) is 66.6 Å². The Bertz CT molecular complexity index is 790. The molecule has 0 aromatic heterocycles. The third-order valence-corrected chi connectivity index (χ3v) is 6.43. The highest BCUT2D eigenvalue weighted by molar-refractivity contribution is 7.89. The number of sulfonamides is 1. The van der Waals surface area contributed by atoms with E-state index in [-0.39, 0.29) is 23.6 Å². The molecule has 2 aromatic rings. The summed E-state index contributed by atoms with van der Waals surface area (Å²) in [6, 6.07) is 16.1. The number of ether oxygens (including phenoxy) is 1. The summed E-state index contributed by atoms with van der Waals surface area (Å²) in [5.74, 6) is 0. The maximum atomic E-state index is 12.7. The van der Waals surface area contributed by atoms with Gasteiger partial charge in [0.25, 0.3) is 0 Å². The van der Waals surface area contributed by atoms with Gasteiger partial charge in [-0.25, -0.2) is 8.42 Å². The molecule has 3 unspecified atom stereocenters. The molecular formula is C19H23NO4S. The molecule has 3 atom stereocenters. The standard InChI is InChI=1S/C19H23NO4S/c1-15-7-9-17(10-8-15)25(22,23)20-18(19(20)13-21)11-12-24-14-16-5-3-2-4-6-16/h2-10,18-19,21H,11-14H2,1H3. The van der Waals surface area contributed by atoms with Gasteiger partial charge in [-0.3, -0.25) is 0 Å². The van der Waals surface area contributed by atoms with Crippen molar-refractivity contribution in [2.24, 2.45) is 0 Å². The minimum Gasteiger partial charge on any atom is -0.395 e. The summed E-state index contributed by atoms with van der Waals surface area (Å²) in [5, 5.41) is 9.49. The lowest BCUT2D eigenvalue weighted by Gasteiger charge is -2.07. The van der Waals surface area contributed by atoms with Crippen LogP contribution in [0.25, 0.3) is 0 Å². The van der Waals surface area contributed by atoms with Crippen LogP contribution < -0.4 is 0 Å². The third kappa shape index (κ3) is 4.10. The van der Waals surface area contributed by atoms with Crippen LogP contribution in [-0.4, -0.2) is 43.1 Å². The fraction of sp³-hybridized carbons (Fsp3) is 0.368. The minimum atomic E-state index is -3.56. The summed E-state index contributed by atoms with van der Waals surface area (Å²) in [7, 11) is -3.56. The van der Waals surface area contributed by atoms with Crippen molar-refractivity contribution in [3.05, 3.63) is 65.7 Å². The van der Waals surface area contributed by atoms with Crippen LogP contribution in [0.1, 0.15) is 17.5 Å². The highest BCUT2D eigenvalue weighted by Gasteiger charge is 2.54. The van der Waals surface area contributed by atoms with Crippen LogP contribution in [0.3, 0.4) is 0 Å². The van der Waals surface area contributed by atoms with Gasteiger partial charge in [-0.1, -0.05) is 48.0 Å². The van der Waals surface area contributed by atoms with Crippen LogP contribution in [-0.2, 0) is 21.4 Å². The minimum absolute atomic E-state index is 0.172. The molecule has 1 heterocycles. The van der Waals surface area contributed by atoms with Gasteiger partial charge in [-0.05, 0) is 31.0 Å². The molecule has 1 N–H and O–H groups in total. The Morgan fingerprint density at radius 3 is 2.36 bits per heavy atom. The summed E-state index contributed by atoms with van der Waals surface area (Å²) in [4.78, 5) is 0.268. The van der Waals surface area contributed by atoms with Gasteiger partial charge in [0.05, 0.1) is 24.2 Å². The van der Waals surface area contributed by atoms with Crippen molar-refractivity contribution in [1.82, 2.24) is 4.31 Å². The molecule has 1 aliphatic rings. The number of hydrogen-bond acceptors (Lipinski definition) is 4. The molecule has 3 rings (SSSR count). The van der Waals surface area contributed by atoms with E-state index in [1.165, 1.54) is 4.31 Å². The Kier molecular flexibility index (Phi) is 5.54. The molecule has 0 bridgehead atoms. The molecule has 134 valence electrons. The van der Waals surface area contributed by atoms with E-state index in [2.05, 4.69) is 0 Å². The first kappa shape index (κ1) is 18.1. The molecule has 0 amide bonds. The summed E-state index contributed by atoms with van der Waals surface area (Å²) < 4.78 is 32.5. The first-order chi connectivity index (χ1) is 12.0. The van der Waals surface area contributed by atoms with E-state index in [0.717, 1.165) is 11.1 Å². The van der Waals surface area contributed by atoms with Crippen LogP contribution >= 0.6 is 0 Å². The Balaban J connectivity index is 1.56. The first-order valence-electron chi connectivity index (χ1n) is 8.37. The SMILES string of the molecule is Cc1ccc(S(=O)(=O)N2C(CO)C2CCOCc2ccccc2)cc1. The van der Waals surface area contributed by atoms with E-state index < -0.39 is 10.0 Å². The molecule has 6 heteroatoms. The summed E-state index contributed by atoms with van der Waals surface area (Å²) in [6.07, 6.45) is 0.573. The zero-order chi connectivity index (χ0) is 17.9. The second kappa shape index (κ2) is 7.66. The molecule has 0 spiro atoms. The average molecular weight is 361 g/mol.